The number of rotatable bonds is 10. The van der Waals surface area contributed by atoms with Crippen LogP contribution >= 0.6 is 0 Å². The molecule has 0 saturated carbocycles. The van der Waals surface area contributed by atoms with Gasteiger partial charge in [0.25, 0.3) is 0 Å². The lowest BCUT2D eigenvalue weighted by atomic mass is 10.0. The van der Waals surface area contributed by atoms with Gasteiger partial charge in [0.05, 0.1) is 0 Å². The van der Waals surface area contributed by atoms with Gasteiger partial charge in [0.15, 0.2) is 0 Å². The highest BCUT2D eigenvalue weighted by molar-refractivity contribution is 5.75. The van der Waals surface area contributed by atoms with Gasteiger partial charge in [-0.1, -0.05) is 19.8 Å². The summed E-state index contributed by atoms with van der Waals surface area (Å²) in [7, 11) is 0. The number of amides is 2. The van der Waals surface area contributed by atoms with Crippen LogP contribution in [0.1, 0.15) is 65.2 Å². The molecule has 1 aliphatic heterocycles. The summed E-state index contributed by atoms with van der Waals surface area (Å²) in [6, 6.07) is 0.708. The number of carbonyl (C=O) groups excluding carboxylic acids is 2. The lowest BCUT2D eigenvalue weighted by Crippen LogP contribution is -2.43. The van der Waals surface area contributed by atoms with E-state index >= 15 is 0 Å². The number of hydrogen-bond donors (Lipinski definition) is 2. The van der Waals surface area contributed by atoms with Gasteiger partial charge in [0, 0.05) is 39.0 Å². The van der Waals surface area contributed by atoms with Crippen LogP contribution in [0, 0.1) is 0 Å². The highest BCUT2D eigenvalue weighted by atomic mass is 16.2. The quantitative estimate of drug-likeness (QED) is 0.607. The molecule has 0 aliphatic carbocycles. The second kappa shape index (κ2) is 11.5. The number of nitrogens with zero attached hydrogens (tertiary/aromatic N) is 1. The van der Waals surface area contributed by atoms with Crippen LogP contribution in [0.2, 0.25) is 0 Å². The normalized spacial score (nSPS) is 18.9. The summed E-state index contributed by atoms with van der Waals surface area (Å²) in [5, 5.41) is 5.80. The minimum Gasteiger partial charge on any atom is -0.356 e. The first-order chi connectivity index (χ1) is 10.6. The van der Waals surface area contributed by atoms with Crippen LogP contribution in [-0.2, 0) is 9.59 Å². The molecule has 1 fully saturated rings. The standard InChI is InChI=1S/C17H33N3O2/c1-3-16-9-6-8-13-20(16)14-12-19-17(22)10-5-4-7-11-18-15(2)21/h16H,3-14H2,1-2H3,(H,18,21)(H,19,22). The number of carbonyl (C=O) groups is 2. The molecule has 1 saturated heterocycles. The van der Waals surface area contributed by atoms with Gasteiger partial charge in [-0.15, -0.1) is 0 Å². The van der Waals surface area contributed by atoms with Crippen molar-refractivity contribution in [2.24, 2.45) is 0 Å². The minimum atomic E-state index is 0.0147. The zero-order valence-electron chi connectivity index (χ0n) is 14.3. The first-order valence-electron chi connectivity index (χ1n) is 8.88. The van der Waals surface area contributed by atoms with Gasteiger partial charge < -0.3 is 10.6 Å². The summed E-state index contributed by atoms with van der Waals surface area (Å²) in [6.45, 7) is 7.41. The molecule has 1 aliphatic rings. The first kappa shape index (κ1) is 18.9. The highest BCUT2D eigenvalue weighted by Gasteiger charge is 2.19. The zero-order valence-corrected chi connectivity index (χ0v) is 14.3. The molecule has 5 heteroatoms. The van der Waals surface area contributed by atoms with E-state index < -0.39 is 0 Å². The third kappa shape index (κ3) is 8.37. The molecule has 0 aromatic heterocycles. The maximum absolute atomic E-state index is 11.8. The predicted molar refractivity (Wildman–Crippen MR) is 89.7 cm³/mol. The molecule has 2 N–H and O–H groups in total. The van der Waals surface area contributed by atoms with Crippen molar-refractivity contribution in [1.82, 2.24) is 15.5 Å². The molecule has 128 valence electrons. The molecule has 1 unspecified atom stereocenters. The van der Waals surface area contributed by atoms with E-state index in [1.54, 1.807) is 0 Å². The SMILES string of the molecule is CCC1CCCCN1CCNC(=O)CCCCCNC(C)=O. The van der Waals surface area contributed by atoms with Gasteiger partial charge in [-0.3, -0.25) is 14.5 Å². The molecule has 0 aromatic rings. The van der Waals surface area contributed by atoms with Crippen molar-refractivity contribution in [1.29, 1.82) is 0 Å². The van der Waals surface area contributed by atoms with E-state index in [0.29, 0.717) is 19.0 Å². The fraction of sp³-hybridized carbons (Fsp3) is 0.882. The molecule has 1 rings (SSSR count). The second-order valence-corrected chi connectivity index (χ2v) is 6.24. The number of nitrogens with one attached hydrogen (secondary N) is 2. The van der Waals surface area contributed by atoms with E-state index in [9.17, 15) is 9.59 Å². The topological polar surface area (TPSA) is 61.4 Å². The van der Waals surface area contributed by atoms with E-state index in [4.69, 9.17) is 0 Å². The van der Waals surface area contributed by atoms with Crippen LogP contribution in [0.3, 0.4) is 0 Å². The second-order valence-electron chi connectivity index (χ2n) is 6.24. The van der Waals surface area contributed by atoms with E-state index in [1.807, 2.05) is 0 Å². The Morgan fingerprint density at radius 2 is 1.91 bits per heavy atom. The van der Waals surface area contributed by atoms with E-state index in [-0.39, 0.29) is 11.8 Å². The summed E-state index contributed by atoms with van der Waals surface area (Å²) in [4.78, 5) is 25.0. The predicted octanol–water partition coefficient (Wildman–Crippen LogP) is 2.06. The Hall–Kier alpha value is -1.10. The Kier molecular flexibility index (Phi) is 9.87. The van der Waals surface area contributed by atoms with Gasteiger partial charge in [-0.05, 0) is 38.6 Å². The van der Waals surface area contributed by atoms with Gasteiger partial charge in [0.2, 0.25) is 11.8 Å². The van der Waals surface area contributed by atoms with Crippen LogP contribution in [0.15, 0.2) is 0 Å². The summed E-state index contributed by atoms with van der Waals surface area (Å²) in [5.74, 6) is 0.172. The summed E-state index contributed by atoms with van der Waals surface area (Å²) in [6.07, 6.45) is 8.57. The third-order valence-corrected chi connectivity index (χ3v) is 4.40. The lowest BCUT2D eigenvalue weighted by molar-refractivity contribution is -0.121. The van der Waals surface area contributed by atoms with Crippen molar-refractivity contribution in [3.8, 4) is 0 Å². The number of piperidine rings is 1. The van der Waals surface area contributed by atoms with Crippen LogP contribution < -0.4 is 10.6 Å². The minimum absolute atomic E-state index is 0.0147. The van der Waals surface area contributed by atoms with Crippen LogP contribution in [0.5, 0.6) is 0 Å². The Balaban J connectivity index is 2.00. The monoisotopic (exact) mass is 311 g/mol. The third-order valence-electron chi connectivity index (χ3n) is 4.40. The first-order valence-corrected chi connectivity index (χ1v) is 8.88. The smallest absolute Gasteiger partial charge is 0.220 e. The van der Waals surface area contributed by atoms with Gasteiger partial charge in [-0.2, -0.15) is 0 Å². The molecule has 0 radical (unpaired) electrons. The average molecular weight is 311 g/mol. The molecule has 1 heterocycles. The van der Waals surface area contributed by atoms with Crippen molar-refractivity contribution in [2.45, 2.75) is 71.3 Å². The van der Waals surface area contributed by atoms with Crippen molar-refractivity contribution in [3.63, 3.8) is 0 Å². The molecule has 5 nitrogen and oxygen atoms in total. The highest BCUT2D eigenvalue weighted by Crippen LogP contribution is 2.18. The summed E-state index contributed by atoms with van der Waals surface area (Å²) >= 11 is 0. The van der Waals surface area contributed by atoms with Crippen molar-refractivity contribution in [3.05, 3.63) is 0 Å². The van der Waals surface area contributed by atoms with E-state index in [0.717, 1.165) is 32.4 Å². The molecule has 22 heavy (non-hydrogen) atoms. The average Bonchev–Trinajstić information content (AvgIpc) is 2.51. The van der Waals surface area contributed by atoms with Crippen LogP contribution in [0.4, 0.5) is 0 Å². The van der Waals surface area contributed by atoms with E-state index in [2.05, 4.69) is 22.5 Å². The van der Waals surface area contributed by atoms with Crippen LogP contribution in [0.25, 0.3) is 0 Å². The number of unbranched alkanes of at least 4 members (excludes halogenated alkanes) is 2. The van der Waals surface area contributed by atoms with Crippen molar-refractivity contribution >= 4 is 11.8 Å². The molecule has 0 bridgehead atoms. The number of likely N-dealkylation sites (tertiary alicyclic amines) is 1. The maximum atomic E-state index is 11.8. The van der Waals surface area contributed by atoms with Crippen molar-refractivity contribution in [2.75, 3.05) is 26.2 Å². The van der Waals surface area contributed by atoms with Gasteiger partial charge in [0.1, 0.15) is 0 Å². The lowest BCUT2D eigenvalue weighted by Gasteiger charge is -2.35. The van der Waals surface area contributed by atoms with E-state index in [1.165, 1.54) is 39.2 Å². The molecule has 2 amide bonds. The zero-order chi connectivity index (χ0) is 16.2. The largest absolute Gasteiger partial charge is 0.356 e. The Morgan fingerprint density at radius 3 is 2.64 bits per heavy atom. The molecular formula is C17H33N3O2. The van der Waals surface area contributed by atoms with Crippen LogP contribution in [-0.4, -0.2) is 48.9 Å². The Morgan fingerprint density at radius 1 is 1.09 bits per heavy atom. The summed E-state index contributed by atoms with van der Waals surface area (Å²) < 4.78 is 0. The van der Waals surface area contributed by atoms with Crippen molar-refractivity contribution < 1.29 is 9.59 Å². The molecule has 0 aromatic carbocycles. The van der Waals surface area contributed by atoms with Gasteiger partial charge in [-0.25, -0.2) is 0 Å². The Bertz CT molecular complexity index is 334. The maximum Gasteiger partial charge on any atom is 0.220 e. The fourth-order valence-corrected chi connectivity index (χ4v) is 3.10. The fourth-order valence-electron chi connectivity index (χ4n) is 3.10. The van der Waals surface area contributed by atoms with Gasteiger partial charge >= 0.3 is 0 Å². The molecular weight excluding hydrogens is 278 g/mol. The molecule has 0 spiro atoms. The Labute approximate surface area is 135 Å². The summed E-state index contributed by atoms with van der Waals surface area (Å²) in [5.41, 5.74) is 0. The molecule has 1 atom stereocenters. The number of hydrogen-bond acceptors (Lipinski definition) is 3.